The van der Waals surface area contributed by atoms with Crippen LogP contribution in [0.5, 0.6) is 0 Å². The van der Waals surface area contributed by atoms with Gasteiger partial charge in [-0.05, 0) is 43.7 Å². The topological polar surface area (TPSA) is 15.3 Å². The van der Waals surface area contributed by atoms with Gasteiger partial charge in [0, 0.05) is 30.4 Å². The van der Waals surface area contributed by atoms with Gasteiger partial charge in [-0.15, -0.1) is 0 Å². The van der Waals surface area contributed by atoms with Crippen LogP contribution >= 0.6 is 0 Å². The first-order valence-corrected chi connectivity index (χ1v) is 7.01. The van der Waals surface area contributed by atoms with Gasteiger partial charge in [0.2, 0.25) is 0 Å². The molecule has 2 fully saturated rings. The van der Waals surface area contributed by atoms with E-state index in [1.54, 1.807) is 5.56 Å². The molecule has 2 bridgehead atoms. The number of nitrogens with zero attached hydrogens (tertiary/aromatic N) is 1. The number of anilines is 1. The van der Waals surface area contributed by atoms with Crippen LogP contribution in [-0.2, 0) is 6.42 Å². The van der Waals surface area contributed by atoms with Gasteiger partial charge in [-0.3, -0.25) is 0 Å². The molecule has 3 heterocycles. The van der Waals surface area contributed by atoms with Crippen molar-refractivity contribution in [3.05, 3.63) is 29.8 Å². The first-order chi connectivity index (χ1) is 8.40. The minimum Gasteiger partial charge on any atom is -0.368 e. The van der Waals surface area contributed by atoms with Crippen LogP contribution in [0.15, 0.2) is 24.3 Å². The number of rotatable bonds is 1. The van der Waals surface area contributed by atoms with E-state index in [1.165, 1.54) is 44.3 Å². The summed E-state index contributed by atoms with van der Waals surface area (Å²) in [5.74, 6) is 0. The molecule has 0 aromatic heterocycles. The minimum atomic E-state index is 0.789. The average Bonchev–Trinajstić information content (AvgIpc) is 2.93. The molecule has 0 amide bonds. The van der Waals surface area contributed by atoms with Crippen LogP contribution in [0.3, 0.4) is 0 Å². The summed E-state index contributed by atoms with van der Waals surface area (Å²) in [5.41, 5.74) is 3.07. The summed E-state index contributed by atoms with van der Waals surface area (Å²) >= 11 is 0. The standard InChI is InChI=1S/C15H20N2/c1-2-4-15-11(3-1)7-8-17(15)14-9-12-5-6-13(10-14)16-12/h1-4,12-14,16H,5-10H2. The Morgan fingerprint density at radius 3 is 2.65 bits per heavy atom. The van der Waals surface area contributed by atoms with E-state index in [2.05, 4.69) is 34.5 Å². The molecular weight excluding hydrogens is 208 g/mol. The quantitative estimate of drug-likeness (QED) is 0.793. The molecule has 2 unspecified atom stereocenters. The van der Waals surface area contributed by atoms with Gasteiger partial charge < -0.3 is 10.2 Å². The minimum absolute atomic E-state index is 0.789. The molecule has 4 rings (SSSR count). The summed E-state index contributed by atoms with van der Waals surface area (Å²) in [6.07, 6.45) is 6.75. The van der Waals surface area contributed by atoms with E-state index in [9.17, 15) is 0 Å². The zero-order valence-corrected chi connectivity index (χ0v) is 10.2. The van der Waals surface area contributed by atoms with E-state index in [-0.39, 0.29) is 0 Å². The highest BCUT2D eigenvalue weighted by Crippen LogP contribution is 2.36. The zero-order chi connectivity index (χ0) is 11.2. The van der Waals surface area contributed by atoms with Crippen LogP contribution in [0.4, 0.5) is 5.69 Å². The fraction of sp³-hybridized carbons (Fsp3) is 0.600. The molecule has 3 aliphatic heterocycles. The third-order valence-electron chi connectivity index (χ3n) is 4.81. The van der Waals surface area contributed by atoms with Crippen molar-refractivity contribution in [3.8, 4) is 0 Å². The predicted octanol–water partition coefficient (Wildman–Crippen LogP) is 2.33. The summed E-state index contributed by atoms with van der Waals surface area (Å²) in [6, 6.07) is 11.4. The van der Waals surface area contributed by atoms with Gasteiger partial charge in [0.15, 0.2) is 0 Å². The third-order valence-corrected chi connectivity index (χ3v) is 4.81. The lowest BCUT2D eigenvalue weighted by atomic mass is 9.98. The van der Waals surface area contributed by atoms with E-state index < -0.39 is 0 Å². The molecule has 90 valence electrons. The molecule has 2 saturated heterocycles. The second-order valence-corrected chi connectivity index (χ2v) is 5.84. The van der Waals surface area contributed by atoms with Crippen LogP contribution in [0.2, 0.25) is 0 Å². The fourth-order valence-electron chi connectivity index (χ4n) is 4.02. The van der Waals surface area contributed by atoms with E-state index >= 15 is 0 Å². The number of nitrogens with one attached hydrogen (secondary N) is 1. The number of para-hydroxylation sites is 1. The molecule has 0 spiro atoms. The number of fused-ring (bicyclic) bond motifs is 3. The molecule has 17 heavy (non-hydrogen) atoms. The molecule has 0 aliphatic carbocycles. The Kier molecular flexibility index (Phi) is 2.19. The molecule has 0 radical (unpaired) electrons. The molecule has 2 heteroatoms. The second-order valence-electron chi connectivity index (χ2n) is 5.84. The van der Waals surface area contributed by atoms with Gasteiger partial charge >= 0.3 is 0 Å². The van der Waals surface area contributed by atoms with Crippen LogP contribution in [-0.4, -0.2) is 24.7 Å². The zero-order valence-electron chi connectivity index (χ0n) is 10.2. The van der Waals surface area contributed by atoms with Crippen molar-refractivity contribution in [1.82, 2.24) is 5.32 Å². The van der Waals surface area contributed by atoms with Gasteiger partial charge in [0.1, 0.15) is 0 Å². The van der Waals surface area contributed by atoms with E-state index in [1.807, 2.05) is 0 Å². The first kappa shape index (κ1) is 9.95. The van der Waals surface area contributed by atoms with E-state index in [0.29, 0.717) is 0 Å². The number of piperidine rings is 1. The Morgan fingerprint density at radius 2 is 1.82 bits per heavy atom. The van der Waals surface area contributed by atoms with Crippen molar-refractivity contribution in [2.45, 2.75) is 50.2 Å². The van der Waals surface area contributed by atoms with Crippen molar-refractivity contribution < 1.29 is 0 Å². The van der Waals surface area contributed by atoms with Gasteiger partial charge in [-0.1, -0.05) is 18.2 Å². The number of benzene rings is 1. The Hall–Kier alpha value is -1.02. The third kappa shape index (κ3) is 1.58. The van der Waals surface area contributed by atoms with Crippen molar-refractivity contribution in [2.24, 2.45) is 0 Å². The highest BCUT2D eigenvalue weighted by atomic mass is 15.2. The number of hydrogen-bond donors (Lipinski definition) is 1. The molecule has 1 N–H and O–H groups in total. The predicted molar refractivity (Wildman–Crippen MR) is 70.5 cm³/mol. The highest BCUT2D eigenvalue weighted by Gasteiger charge is 2.37. The van der Waals surface area contributed by atoms with Crippen LogP contribution in [0, 0.1) is 0 Å². The molecule has 2 nitrogen and oxygen atoms in total. The van der Waals surface area contributed by atoms with E-state index in [0.717, 1.165) is 18.1 Å². The molecular formula is C15H20N2. The lowest BCUT2D eigenvalue weighted by molar-refractivity contribution is 0.350. The van der Waals surface area contributed by atoms with Gasteiger partial charge in [0.25, 0.3) is 0 Å². The maximum Gasteiger partial charge on any atom is 0.0402 e. The SMILES string of the molecule is c1ccc2c(c1)CCN2C1CC2CCC(C1)N2. The lowest BCUT2D eigenvalue weighted by Gasteiger charge is -2.37. The maximum absolute atomic E-state index is 3.74. The van der Waals surface area contributed by atoms with Crippen molar-refractivity contribution >= 4 is 5.69 Å². The van der Waals surface area contributed by atoms with E-state index in [4.69, 9.17) is 0 Å². The maximum atomic E-state index is 3.74. The summed E-state index contributed by atoms with van der Waals surface area (Å²) in [4.78, 5) is 2.68. The smallest absolute Gasteiger partial charge is 0.0402 e. The summed E-state index contributed by atoms with van der Waals surface area (Å²) in [7, 11) is 0. The molecule has 1 aromatic carbocycles. The normalized spacial score (nSPS) is 35.1. The van der Waals surface area contributed by atoms with Gasteiger partial charge in [0.05, 0.1) is 0 Å². The van der Waals surface area contributed by atoms with Gasteiger partial charge in [-0.2, -0.15) is 0 Å². The summed E-state index contributed by atoms with van der Waals surface area (Å²) in [5, 5.41) is 3.74. The summed E-state index contributed by atoms with van der Waals surface area (Å²) in [6.45, 7) is 1.24. The largest absolute Gasteiger partial charge is 0.368 e. The molecule has 3 aliphatic rings. The van der Waals surface area contributed by atoms with Crippen LogP contribution in [0.25, 0.3) is 0 Å². The lowest BCUT2D eigenvalue weighted by Crippen LogP contribution is -2.47. The van der Waals surface area contributed by atoms with Crippen LogP contribution < -0.4 is 10.2 Å². The summed E-state index contributed by atoms with van der Waals surface area (Å²) < 4.78 is 0. The second kappa shape index (κ2) is 3.74. The molecule has 2 atom stereocenters. The highest BCUT2D eigenvalue weighted by molar-refractivity contribution is 5.58. The monoisotopic (exact) mass is 228 g/mol. The fourth-order valence-corrected chi connectivity index (χ4v) is 4.02. The van der Waals surface area contributed by atoms with Crippen LogP contribution in [0.1, 0.15) is 31.2 Å². The van der Waals surface area contributed by atoms with Gasteiger partial charge in [-0.25, -0.2) is 0 Å². The molecule has 1 aromatic rings. The average molecular weight is 228 g/mol. The number of hydrogen-bond acceptors (Lipinski definition) is 2. The Balaban J connectivity index is 1.60. The Morgan fingerprint density at radius 1 is 1.06 bits per heavy atom. The van der Waals surface area contributed by atoms with Crippen molar-refractivity contribution in [3.63, 3.8) is 0 Å². The first-order valence-electron chi connectivity index (χ1n) is 7.01. The Labute approximate surface area is 103 Å². The Bertz CT molecular complexity index is 417. The molecule has 0 saturated carbocycles. The van der Waals surface area contributed by atoms with Crippen molar-refractivity contribution in [1.29, 1.82) is 0 Å². The van der Waals surface area contributed by atoms with Crippen molar-refractivity contribution in [2.75, 3.05) is 11.4 Å².